The molecule has 0 aromatic heterocycles. The van der Waals surface area contributed by atoms with Crippen LogP contribution in [0.5, 0.6) is 0 Å². The summed E-state index contributed by atoms with van der Waals surface area (Å²) in [5, 5.41) is 0. The van der Waals surface area contributed by atoms with Crippen molar-refractivity contribution in [1.82, 2.24) is 0 Å². The highest BCUT2D eigenvalue weighted by Gasteiger charge is 2.38. The summed E-state index contributed by atoms with van der Waals surface area (Å²) in [5.74, 6) is 2.55. The molecule has 0 bridgehead atoms. The van der Waals surface area contributed by atoms with Gasteiger partial charge in [-0.3, -0.25) is 0 Å². The fourth-order valence-electron chi connectivity index (χ4n) is 0.794. The molecule has 0 aromatic rings. The fraction of sp³-hybridized carbons (Fsp3) is 0.625. The number of ether oxygens (including phenoxy) is 2. The molecule has 1 rings (SSSR count). The fourth-order valence-corrected chi connectivity index (χ4v) is 0.794. The first-order valence-electron chi connectivity index (χ1n) is 3.40. The van der Waals surface area contributed by atoms with Crippen LogP contribution in [0.2, 0.25) is 0 Å². The van der Waals surface area contributed by atoms with E-state index < -0.39 is 11.6 Å². The molecule has 0 aromatic carbocycles. The van der Waals surface area contributed by atoms with Gasteiger partial charge >= 0.3 is 6.16 Å². The van der Waals surface area contributed by atoms with Crippen molar-refractivity contribution in [2.45, 2.75) is 20.0 Å². The van der Waals surface area contributed by atoms with E-state index in [1.54, 1.807) is 6.92 Å². The maximum absolute atomic E-state index is 10.6. The Kier molecular flexibility index (Phi) is 1.77. The van der Waals surface area contributed by atoms with E-state index in [9.17, 15) is 4.79 Å². The van der Waals surface area contributed by atoms with E-state index in [1.807, 2.05) is 6.92 Å². The molecule has 0 saturated carbocycles. The molecular weight excluding hydrogens is 144 g/mol. The molecule has 2 unspecified atom stereocenters. The van der Waals surface area contributed by atoms with Crippen LogP contribution in [-0.4, -0.2) is 18.9 Å². The largest absolute Gasteiger partial charge is 0.508 e. The Labute approximate surface area is 65.7 Å². The summed E-state index contributed by atoms with van der Waals surface area (Å²) in [4.78, 5) is 10.6. The van der Waals surface area contributed by atoms with Crippen molar-refractivity contribution in [3.63, 3.8) is 0 Å². The summed E-state index contributed by atoms with van der Waals surface area (Å²) in [6.07, 6.45) is 4.35. The second-order valence-electron chi connectivity index (χ2n) is 2.86. The van der Waals surface area contributed by atoms with Crippen molar-refractivity contribution in [2.75, 3.05) is 6.61 Å². The molecule has 3 nitrogen and oxygen atoms in total. The molecule has 3 heteroatoms. The number of terminal acetylenes is 1. The molecule has 0 spiro atoms. The number of hydrogen-bond acceptors (Lipinski definition) is 3. The Morgan fingerprint density at radius 1 is 1.82 bits per heavy atom. The summed E-state index contributed by atoms with van der Waals surface area (Å²) in [6.45, 7) is 3.83. The van der Waals surface area contributed by atoms with E-state index in [0.29, 0.717) is 0 Å². The molecule has 1 heterocycles. The Balaban J connectivity index is 2.73. The third kappa shape index (κ3) is 1.30. The van der Waals surface area contributed by atoms with Gasteiger partial charge in [0.2, 0.25) is 0 Å². The van der Waals surface area contributed by atoms with Crippen LogP contribution in [0.15, 0.2) is 0 Å². The van der Waals surface area contributed by atoms with Crippen LogP contribution in [0.3, 0.4) is 0 Å². The van der Waals surface area contributed by atoms with E-state index in [4.69, 9.17) is 11.2 Å². The summed E-state index contributed by atoms with van der Waals surface area (Å²) in [5.41, 5.74) is -0.478. The number of carbonyl (C=O) groups is 1. The van der Waals surface area contributed by atoms with E-state index in [0.717, 1.165) is 0 Å². The van der Waals surface area contributed by atoms with Crippen molar-refractivity contribution >= 4 is 6.16 Å². The normalized spacial score (nSPS) is 36.8. The second kappa shape index (κ2) is 2.46. The lowest BCUT2D eigenvalue weighted by molar-refractivity contribution is -0.0714. The Morgan fingerprint density at radius 3 is 2.91 bits per heavy atom. The van der Waals surface area contributed by atoms with Gasteiger partial charge < -0.3 is 9.47 Å². The first-order valence-corrected chi connectivity index (χ1v) is 3.40. The minimum atomic E-state index is -0.634. The van der Waals surface area contributed by atoms with Crippen molar-refractivity contribution < 1.29 is 14.3 Å². The first-order chi connectivity index (χ1) is 5.08. The van der Waals surface area contributed by atoms with Crippen molar-refractivity contribution in [1.29, 1.82) is 0 Å². The highest BCUT2D eigenvalue weighted by atomic mass is 16.7. The van der Waals surface area contributed by atoms with Crippen LogP contribution in [0.25, 0.3) is 0 Å². The standard InChI is InChI=1S/C8H10O3/c1-4-8(3)5-10-7(9)11-6(8)2/h1,6H,5H2,2-3H3. The van der Waals surface area contributed by atoms with E-state index in [-0.39, 0.29) is 12.7 Å². The van der Waals surface area contributed by atoms with E-state index >= 15 is 0 Å². The zero-order chi connectivity index (χ0) is 8.48. The zero-order valence-electron chi connectivity index (χ0n) is 6.59. The summed E-state index contributed by atoms with van der Waals surface area (Å²) in [6, 6.07) is 0. The number of carbonyl (C=O) groups excluding carboxylic acids is 1. The molecular formula is C8H10O3. The number of hydrogen-bond donors (Lipinski definition) is 0. The maximum Gasteiger partial charge on any atom is 0.508 e. The van der Waals surface area contributed by atoms with Gasteiger partial charge in [-0.15, -0.1) is 6.42 Å². The summed E-state index contributed by atoms with van der Waals surface area (Å²) < 4.78 is 9.44. The topological polar surface area (TPSA) is 35.5 Å². The second-order valence-corrected chi connectivity index (χ2v) is 2.86. The average Bonchev–Trinajstić information content (AvgIpc) is 1.98. The average molecular weight is 154 g/mol. The van der Waals surface area contributed by atoms with Gasteiger partial charge in [0, 0.05) is 0 Å². The molecule has 0 aliphatic carbocycles. The third-order valence-corrected chi connectivity index (χ3v) is 1.99. The minimum Gasteiger partial charge on any atom is -0.433 e. The SMILES string of the molecule is C#CC1(C)COC(=O)OC1C. The Bertz CT molecular complexity index is 216. The van der Waals surface area contributed by atoms with Gasteiger partial charge in [0.25, 0.3) is 0 Å². The van der Waals surface area contributed by atoms with Gasteiger partial charge in [0.05, 0.1) is 5.41 Å². The van der Waals surface area contributed by atoms with Gasteiger partial charge in [-0.1, -0.05) is 5.92 Å². The maximum atomic E-state index is 10.6. The lowest BCUT2D eigenvalue weighted by Gasteiger charge is -2.33. The van der Waals surface area contributed by atoms with Crippen molar-refractivity contribution in [2.24, 2.45) is 5.41 Å². The van der Waals surface area contributed by atoms with E-state index in [1.165, 1.54) is 0 Å². The van der Waals surface area contributed by atoms with Crippen molar-refractivity contribution in [3.05, 3.63) is 0 Å². The molecule has 1 fully saturated rings. The molecule has 11 heavy (non-hydrogen) atoms. The Morgan fingerprint density at radius 2 is 2.45 bits per heavy atom. The Hall–Kier alpha value is -1.17. The lowest BCUT2D eigenvalue weighted by Crippen LogP contribution is -2.42. The molecule has 1 aliphatic heterocycles. The molecule has 60 valence electrons. The predicted molar refractivity (Wildman–Crippen MR) is 38.8 cm³/mol. The number of rotatable bonds is 0. The number of cyclic esters (lactones) is 2. The summed E-state index contributed by atoms with van der Waals surface area (Å²) in [7, 11) is 0. The summed E-state index contributed by atoms with van der Waals surface area (Å²) >= 11 is 0. The molecule has 0 amide bonds. The molecule has 1 saturated heterocycles. The third-order valence-electron chi connectivity index (χ3n) is 1.99. The van der Waals surface area contributed by atoms with Crippen LogP contribution in [0, 0.1) is 17.8 Å². The smallest absolute Gasteiger partial charge is 0.433 e. The van der Waals surface area contributed by atoms with Gasteiger partial charge in [-0.05, 0) is 13.8 Å². The highest BCUT2D eigenvalue weighted by molar-refractivity contribution is 5.61. The van der Waals surface area contributed by atoms with Crippen LogP contribution >= 0.6 is 0 Å². The van der Waals surface area contributed by atoms with Gasteiger partial charge in [0.15, 0.2) is 0 Å². The quantitative estimate of drug-likeness (QED) is 0.388. The van der Waals surface area contributed by atoms with Gasteiger partial charge in [-0.25, -0.2) is 4.79 Å². The van der Waals surface area contributed by atoms with Crippen LogP contribution in [-0.2, 0) is 9.47 Å². The lowest BCUT2D eigenvalue weighted by atomic mass is 9.86. The van der Waals surface area contributed by atoms with E-state index in [2.05, 4.69) is 10.7 Å². The molecule has 1 aliphatic rings. The minimum absolute atomic E-state index is 0.240. The highest BCUT2D eigenvalue weighted by Crippen LogP contribution is 2.27. The zero-order valence-corrected chi connectivity index (χ0v) is 6.59. The molecule has 0 radical (unpaired) electrons. The van der Waals surface area contributed by atoms with Crippen molar-refractivity contribution in [3.8, 4) is 12.3 Å². The monoisotopic (exact) mass is 154 g/mol. The predicted octanol–water partition coefficient (Wildman–Crippen LogP) is 1.18. The van der Waals surface area contributed by atoms with Crippen LogP contribution in [0.4, 0.5) is 4.79 Å². The van der Waals surface area contributed by atoms with Crippen LogP contribution < -0.4 is 0 Å². The first kappa shape index (κ1) is 7.93. The van der Waals surface area contributed by atoms with Crippen LogP contribution in [0.1, 0.15) is 13.8 Å². The molecule has 2 atom stereocenters. The van der Waals surface area contributed by atoms with Gasteiger partial charge in [0.1, 0.15) is 12.7 Å². The van der Waals surface area contributed by atoms with Gasteiger partial charge in [-0.2, -0.15) is 0 Å². The molecule has 0 N–H and O–H groups in total.